The molecule has 0 N–H and O–H groups in total. The minimum Gasteiger partial charge on any atom is -0.743 e. The van der Waals surface area contributed by atoms with E-state index in [4.69, 9.17) is 0 Å². The molecule has 0 aliphatic rings. The molecule has 0 saturated heterocycles. The monoisotopic (exact) mass is 432 g/mol. The predicted molar refractivity (Wildman–Crippen MR) is 67.5 cm³/mol. The Morgan fingerprint density at radius 3 is 1.60 bits per heavy atom. The molecule has 0 amide bonds. The smallest absolute Gasteiger partial charge is 0.743 e. The van der Waals surface area contributed by atoms with E-state index in [0.717, 1.165) is 0 Å². The van der Waals surface area contributed by atoms with Crippen molar-refractivity contribution in [3.05, 3.63) is 0 Å². The second-order valence-corrected chi connectivity index (χ2v) is 6.76. The Bertz CT molecular complexity index is 481. The predicted octanol–water partition coefficient (Wildman–Crippen LogP) is 1.78. The SMILES string of the molecule is O=S(=O)([O-])C(F)(F)C(F)(F)C(F)CCCCCCCCC(F)(F)F.[K+]. The molecule has 0 fully saturated rings. The fraction of sp³-hybridized carbons (Fsp3) is 1.00. The number of rotatable bonds is 11. The van der Waals surface area contributed by atoms with Gasteiger partial charge in [-0.05, 0) is 12.8 Å². The summed E-state index contributed by atoms with van der Waals surface area (Å²) in [5.41, 5.74) is 0. The Kier molecular flexibility index (Phi) is 12.5. The Labute approximate surface area is 183 Å². The van der Waals surface area contributed by atoms with Gasteiger partial charge in [0, 0.05) is 6.42 Å². The Hall–Kier alpha value is 0.986. The van der Waals surface area contributed by atoms with E-state index in [9.17, 15) is 48.1 Å². The van der Waals surface area contributed by atoms with E-state index >= 15 is 0 Å². The van der Waals surface area contributed by atoms with Gasteiger partial charge in [0.25, 0.3) is 0 Å². The van der Waals surface area contributed by atoms with Crippen LogP contribution in [0.2, 0.25) is 0 Å². The molecular weight excluding hydrogens is 415 g/mol. The van der Waals surface area contributed by atoms with E-state index in [-0.39, 0.29) is 83.5 Å². The van der Waals surface area contributed by atoms with Crippen molar-refractivity contribution in [1.82, 2.24) is 0 Å². The minimum atomic E-state index is -6.73. The molecule has 0 aromatic heterocycles. The number of hydrogen-bond acceptors (Lipinski definition) is 3. The molecule has 1 unspecified atom stereocenters. The quantitative estimate of drug-likeness (QED) is 0.217. The minimum absolute atomic E-state index is 0. The van der Waals surface area contributed by atoms with Crippen LogP contribution in [-0.2, 0) is 10.1 Å². The Morgan fingerprint density at radius 1 is 0.800 bits per heavy atom. The standard InChI is InChI=1S/C12H18F8O3S.K/c13-9(11(17,18)12(19,20)24(21,22)23)7-5-3-1-2-4-6-8-10(14,15)16;/h9H,1-8H2,(H,21,22,23);/q;+1/p-1. The molecule has 146 valence electrons. The molecule has 0 rings (SSSR count). The summed E-state index contributed by atoms with van der Waals surface area (Å²) in [5, 5.41) is -6.06. The van der Waals surface area contributed by atoms with Crippen molar-refractivity contribution in [2.75, 3.05) is 0 Å². The van der Waals surface area contributed by atoms with Gasteiger partial charge < -0.3 is 4.55 Å². The molecule has 13 heteroatoms. The zero-order valence-electron chi connectivity index (χ0n) is 13.4. The summed E-state index contributed by atoms with van der Waals surface area (Å²) in [7, 11) is -6.73. The van der Waals surface area contributed by atoms with Crippen LogP contribution in [0.15, 0.2) is 0 Å². The fourth-order valence-electron chi connectivity index (χ4n) is 1.89. The van der Waals surface area contributed by atoms with Crippen LogP contribution < -0.4 is 51.4 Å². The summed E-state index contributed by atoms with van der Waals surface area (Å²) in [4.78, 5) is 0. The third-order valence-corrected chi connectivity index (χ3v) is 4.16. The molecule has 0 aliphatic carbocycles. The van der Waals surface area contributed by atoms with E-state index in [1.54, 1.807) is 0 Å². The molecule has 3 nitrogen and oxygen atoms in total. The zero-order chi connectivity index (χ0) is 19.2. The van der Waals surface area contributed by atoms with Crippen molar-refractivity contribution in [3.8, 4) is 0 Å². The summed E-state index contributed by atoms with van der Waals surface area (Å²) in [5.74, 6) is -5.65. The topological polar surface area (TPSA) is 57.2 Å². The van der Waals surface area contributed by atoms with E-state index in [1.165, 1.54) is 0 Å². The number of hydrogen-bond donors (Lipinski definition) is 0. The normalized spacial score (nSPS) is 14.9. The van der Waals surface area contributed by atoms with Gasteiger partial charge in [0.05, 0.1) is 0 Å². The first-order valence-electron chi connectivity index (χ1n) is 7.05. The summed E-state index contributed by atoms with van der Waals surface area (Å²) >= 11 is 0. The van der Waals surface area contributed by atoms with E-state index in [0.29, 0.717) is 6.42 Å². The van der Waals surface area contributed by atoms with Crippen LogP contribution >= 0.6 is 0 Å². The second-order valence-electron chi connectivity index (χ2n) is 5.34. The summed E-state index contributed by atoms with van der Waals surface area (Å²) in [6.45, 7) is 0. The Morgan fingerprint density at radius 2 is 1.20 bits per heavy atom. The van der Waals surface area contributed by atoms with Crippen LogP contribution in [0.4, 0.5) is 35.1 Å². The van der Waals surface area contributed by atoms with Gasteiger partial charge in [-0.25, -0.2) is 12.8 Å². The van der Waals surface area contributed by atoms with Gasteiger partial charge in [0.2, 0.25) is 0 Å². The van der Waals surface area contributed by atoms with Gasteiger partial charge in [0.15, 0.2) is 16.3 Å². The number of unbranched alkanes of at least 4 members (excludes halogenated alkanes) is 5. The van der Waals surface area contributed by atoms with Crippen LogP contribution in [-0.4, -0.2) is 36.5 Å². The fourth-order valence-corrected chi connectivity index (χ4v) is 2.35. The van der Waals surface area contributed by atoms with Crippen LogP contribution in [0.5, 0.6) is 0 Å². The van der Waals surface area contributed by atoms with Crippen molar-refractivity contribution in [3.63, 3.8) is 0 Å². The first kappa shape index (κ1) is 28.2. The second kappa shape index (κ2) is 11.1. The third-order valence-electron chi connectivity index (χ3n) is 3.26. The number of alkyl halides is 8. The molecule has 0 aliphatic heterocycles. The molecule has 0 heterocycles. The van der Waals surface area contributed by atoms with Crippen molar-refractivity contribution in [2.45, 2.75) is 74.9 Å². The molecule has 0 bridgehead atoms. The maximum Gasteiger partial charge on any atom is 1.00 e. The Balaban J connectivity index is 0. The van der Waals surface area contributed by atoms with Crippen LogP contribution in [0, 0.1) is 0 Å². The van der Waals surface area contributed by atoms with Gasteiger partial charge >= 0.3 is 68.7 Å². The summed E-state index contributed by atoms with van der Waals surface area (Å²) < 4.78 is 131. The van der Waals surface area contributed by atoms with Gasteiger partial charge in [-0.1, -0.05) is 32.1 Å². The maximum atomic E-state index is 13.2. The first-order valence-corrected chi connectivity index (χ1v) is 8.45. The van der Waals surface area contributed by atoms with Crippen LogP contribution in [0.25, 0.3) is 0 Å². The van der Waals surface area contributed by atoms with E-state index < -0.39 is 46.5 Å². The van der Waals surface area contributed by atoms with E-state index in [2.05, 4.69) is 0 Å². The molecule has 0 spiro atoms. The zero-order valence-corrected chi connectivity index (χ0v) is 17.3. The largest absolute Gasteiger partial charge is 1.00 e. The summed E-state index contributed by atoms with van der Waals surface area (Å²) in [6, 6.07) is 0. The maximum absolute atomic E-state index is 13.2. The van der Waals surface area contributed by atoms with Gasteiger partial charge in [0.1, 0.15) is 0 Å². The molecule has 0 aromatic carbocycles. The average Bonchev–Trinajstić information content (AvgIpc) is 2.38. The van der Waals surface area contributed by atoms with Gasteiger partial charge in [-0.2, -0.15) is 30.7 Å². The third kappa shape index (κ3) is 9.65. The molecule has 0 radical (unpaired) electrons. The summed E-state index contributed by atoms with van der Waals surface area (Å²) in [6.07, 6.45) is -9.32. The van der Waals surface area contributed by atoms with Crippen LogP contribution in [0.3, 0.4) is 0 Å². The molecule has 1 atom stereocenters. The van der Waals surface area contributed by atoms with Crippen molar-refractivity contribution < 1.29 is 99.5 Å². The first-order chi connectivity index (χ1) is 10.6. The average molecular weight is 432 g/mol. The van der Waals surface area contributed by atoms with Crippen molar-refractivity contribution in [2.24, 2.45) is 0 Å². The molecular formula is C12H17F8KO3S. The molecule has 0 saturated carbocycles. The van der Waals surface area contributed by atoms with E-state index in [1.807, 2.05) is 0 Å². The molecule has 0 aromatic rings. The van der Waals surface area contributed by atoms with Gasteiger partial charge in [-0.15, -0.1) is 0 Å². The van der Waals surface area contributed by atoms with Crippen LogP contribution in [0.1, 0.15) is 51.4 Å². The van der Waals surface area contributed by atoms with Crippen molar-refractivity contribution in [1.29, 1.82) is 0 Å². The number of halogens is 8. The van der Waals surface area contributed by atoms with Gasteiger partial charge in [-0.3, -0.25) is 0 Å². The van der Waals surface area contributed by atoms with Crippen molar-refractivity contribution >= 4 is 10.1 Å². The molecule has 25 heavy (non-hydrogen) atoms.